The summed E-state index contributed by atoms with van der Waals surface area (Å²) in [6.45, 7) is 9.13. The van der Waals surface area contributed by atoms with Crippen LogP contribution in [0.2, 0.25) is 0 Å². The monoisotopic (exact) mass is 285 g/mol. The van der Waals surface area contributed by atoms with Crippen molar-refractivity contribution in [1.29, 1.82) is 0 Å². The normalized spacial score (nSPS) is 16.0. The van der Waals surface area contributed by atoms with Crippen LogP contribution in [0.1, 0.15) is 31.7 Å². The smallest absolute Gasteiger partial charge is 0.0483 e. The van der Waals surface area contributed by atoms with Crippen LogP contribution in [0, 0.1) is 0 Å². The quantitative estimate of drug-likeness (QED) is 0.843. The fourth-order valence-electron chi connectivity index (χ4n) is 3.38. The van der Waals surface area contributed by atoms with E-state index in [9.17, 15) is 0 Å². The van der Waals surface area contributed by atoms with Crippen molar-refractivity contribution in [2.45, 2.75) is 39.3 Å². The molecule has 1 aliphatic heterocycles. The second-order valence-corrected chi connectivity index (χ2v) is 6.05. The fraction of sp³-hybridized carbons (Fsp3) is 0.556. The van der Waals surface area contributed by atoms with E-state index >= 15 is 0 Å². The number of hydrogen-bond donors (Lipinski definition) is 1. The van der Waals surface area contributed by atoms with Gasteiger partial charge in [0.1, 0.15) is 0 Å². The summed E-state index contributed by atoms with van der Waals surface area (Å²) >= 11 is 0. The van der Waals surface area contributed by atoms with Gasteiger partial charge in [0.05, 0.1) is 0 Å². The first-order valence-electron chi connectivity index (χ1n) is 8.38. The summed E-state index contributed by atoms with van der Waals surface area (Å²) in [6, 6.07) is 8.79. The number of aromatic nitrogens is 1. The predicted molar refractivity (Wildman–Crippen MR) is 89.6 cm³/mol. The summed E-state index contributed by atoms with van der Waals surface area (Å²) in [4.78, 5) is 2.60. The Bertz CT molecular complexity index is 567. The maximum absolute atomic E-state index is 3.45. The molecule has 2 aromatic rings. The van der Waals surface area contributed by atoms with Gasteiger partial charge in [-0.05, 0) is 57.1 Å². The molecule has 1 fully saturated rings. The van der Waals surface area contributed by atoms with Crippen molar-refractivity contribution in [3.05, 3.63) is 36.0 Å². The molecule has 0 amide bonds. The van der Waals surface area contributed by atoms with Gasteiger partial charge in [-0.1, -0.05) is 25.1 Å². The standard InChI is InChI=1S/C18H27N3/c1-2-19-14-16-15-21(18-9-4-3-8-17(16)18)13-7-12-20-10-5-6-11-20/h3-4,8-9,15,19H,2,5-7,10-14H2,1H3. The Balaban J connectivity index is 1.68. The molecule has 0 atom stereocenters. The van der Waals surface area contributed by atoms with E-state index in [4.69, 9.17) is 0 Å². The molecule has 1 N–H and O–H groups in total. The zero-order chi connectivity index (χ0) is 14.5. The molecule has 114 valence electrons. The molecule has 1 saturated heterocycles. The van der Waals surface area contributed by atoms with Crippen molar-refractivity contribution in [3.8, 4) is 0 Å². The molecule has 0 radical (unpaired) electrons. The molecule has 0 aliphatic carbocycles. The Kier molecular flexibility index (Phi) is 4.94. The van der Waals surface area contributed by atoms with Crippen LogP contribution in [0.15, 0.2) is 30.5 Å². The third-order valence-electron chi connectivity index (χ3n) is 4.51. The highest BCUT2D eigenvalue weighted by atomic mass is 15.1. The maximum atomic E-state index is 3.45. The maximum Gasteiger partial charge on any atom is 0.0483 e. The van der Waals surface area contributed by atoms with Gasteiger partial charge >= 0.3 is 0 Å². The minimum Gasteiger partial charge on any atom is -0.347 e. The van der Waals surface area contributed by atoms with Crippen LogP contribution in [0.5, 0.6) is 0 Å². The van der Waals surface area contributed by atoms with Gasteiger partial charge in [-0.25, -0.2) is 0 Å². The van der Waals surface area contributed by atoms with E-state index < -0.39 is 0 Å². The molecule has 1 aliphatic rings. The van der Waals surface area contributed by atoms with Crippen LogP contribution in [-0.4, -0.2) is 35.6 Å². The molecule has 21 heavy (non-hydrogen) atoms. The Labute approximate surface area is 127 Å². The minimum absolute atomic E-state index is 0.968. The van der Waals surface area contributed by atoms with E-state index in [0.29, 0.717) is 0 Å². The number of para-hydroxylation sites is 1. The number of rotatable bonds is 7. The molecular formula is C18H27N3. The van der Waals surface area contributed by atoms with Gasteiger partial charge in [0.15, 0.2) is 0 Å². The molecule has 1 aromatic carbocycles. The molecular weight excluding hydrogens is 258 g/mol. The van der Waals surface area contributed by atoms with Gasteiger partial charge in [0, 0.05) is 30.2 Å². The lowest BCUT2D eigenvalue weighted by atomic mass is 10.2. The van der Waals surface area contributed by atoms with Crippen molar-refractivity contribution in [2.75, 3.05) is 26.2 Å². The predicted octanol–water partition coefficient (Wildman–Crippen LogP) is 3.24. The molecule has 3 rings (SSSR count). The van der Waals surface area contributed by atoms with Gasteiger partial charge in [0.2, 0.25) is 0 Å². The molecule has 0 unspecified atom stereocenters. The van der Waals surface area contributed by atoms with Crippen LogP contribution in [-0.2, 0) is 13.1 Å². The van der Waals surface area contributed by atoms with Gasteiger partial charge in [-0.2, -0.15) is 0 Å². The number of aryl methyl sites for hydroxylation is 1. The molecule has 2 heterocycles. The summed E-state index contributed by atoms with van der Waals surface area (Å²) in [5.74, 6) is 0. The van der Waals surface area contributed by atoms with Crippen molar-refractivity contribution in [1.82, 2.24) is 14.8 Å². The van der Waals surface area contributed by atoms with E-state index in [2.05, 4.69) is 52.2 Å². The minimum atomic E-state index is 0.968. The van der Waals surface area contributed by atoms with Crippen molar-refractivity contribution in [2.24, 2.45) is 0 Å². The first kappa shape index (κ1) is 14.6. The van der Waals surface area contributed by atoms with Gasteiger partial charge in [-0.3, -0.25) is 0 Å². The number of hydrogen-bond acceptors (Lipinski definition) is 2. The topological polar surface area (TPSA) is 20.2 Å². The molecule has 0 saturated carbocycles. The summed E-state index contributed by atoms with van der Waals surface area (Å²) in [5, 5.41) is 4.85. The summed E-state index contributed by atoms with van der Waals surface area (Å²) in [5.41, 5.74) is 2.81. The second-order valence-electron chi connectivity index (χ2n) is 6.05. The zero-order valence-corrected chi connectivity index (χ0v) is 13.1. The van der Waals surface area contributed by atoms with Crippen LogP contribution < -0.4 is 5.32 Å². The summed E-state index contributed by atoms with van der Waals surface area (Å²) in [7, 11) is 0. The Hall–Kier alpha value is -1.32. The van der Waals surface area contributed by atoms with Crippen molar-refractivity contribution in [3.63, 3.8) is 0 Å². The molecule has 3 heteroatoms. The lowest BCUT2D eigenvalue weighted by molar-refractivity contribution is 0.326. The SMILES string of the molecule is CCNCc1cn(CCCN2CCCC2)c2ccccc12. The molecule has 0 spiro atoms. The molecule has 1 aromatic heterocycles. The van der Waals surface area contributed by atoms with E-state index in [1.165, 1.54) is 55.4 Å². The number of fused-ring (bicyclic) bond motifs is 1. The van der Waals surface area contributed by atoms with Gasteiger partial charge in [-0.15, -0.1) is 0 Å². The number of benzene rings is 1. The Morgan fingerprint density at radius 3 is 2.71 bits per heavy atom. The van der Waals surface area contributed by atoms with Crippen molar-refractivity contribution >= 4 is 10.9 Å². The van der Waals surface area contributed by atoms with Crippen LogP contribution in [0.3, 0.4) is 0 Å². The average molecular weight is 285 g/mol. The van der Waals surface area contributed by atoms with Crippen LogP contribution in [0.25, 0.3) is 10.9 Å². The first-order chi connectivity index (χ1) is 10.4. The van der Waals surface area contributed by atoms with Crippen LogP contribution in [0.4, 0.5) is 0 Å². The van der Waals surface area contributed by atoms with E-state index in [1.54, 1.807) is 0 Å². The summed E-state index contributed by atoms with van der Waals surface area (Å²) in [6.07, 6.45) is 6.37. The van der Waals surface area contributed by atoms with Crippen molar-refractivity contribution < 1.29 is 0 Å². The van der Waals surface area contributed by atoms with Gasteiger partial charge < -0.3 is 14.8 Å². The third kappa shape index (κ3) is 3.47. The third-order valence-corrected chi connectivity index (χ3v) is 4.51. The van der Waals surface area contributed by atoms with E-state index in [1.807, 2.05) is 0 Å². The Morgan fingerprint density at radius 2 is 1.90 bits per heavy atom. The summed E-state index contributed by atoms with van der Waals surface area (Å²) < 4.78 is 2.44. The highest BCUT2D eigenvalue weighted by Gasteiger charge is 2.11. The second kappa shape index (κ2) is 7.10. The first-order valence-corrected chi connectivity index (χ1v) is 8.38. The lowest BCUT2D eigenvalue weighted by Crippen LogP contribution is -2.21. The highest BCUT2D eigenvalue weighted by molar-refractivity contribution is 5.83. The average Bonchev–Trinajstić information content (AvgIpc) is 3.14. The molecule has 3 nitrogen and oxygen atoms in total. The Morgan fingerprint density at radius 1 is 1.10 bits per heavy atom. The largest absolute Gasteiger partial charge is 0.347 e. The lowest BCUT2D eigenvalue weighted by Gasteiger charge is -2.14. The highest BCUT2D eigenvalue weighted by Crippen LogP contribution is 2.21. The number of nitrogens with zero attached hydrogens (tertiary/aromatic N) is 2. The number of nitrogens with one attached hydrogen (secondary N) is 1. The van der Waals surface area contributed by atoms with Gasteiger partial charge in [0.25, 0.3) is 0 Å². The fourth-order valence-corrected chi connectivity index (χ4v) is 3.38. The van der Waals surface area contributed by atoms with E-state index in [-0.39, 0.29) is 0 Å². The zero-order valence-electron chi connectivity index (χ0n) is 13.1. The molecule has 0 bridgehead atoms. The van der Waals surface area contributed by atoms with E-state index in [0.717, 1.165) is 19.6 Å². The van der Waals surface area contributed by atoms with Crippen LogP contribution >= 0.6 is 0 Å². The number of likely N-dealkylation sites (tertiary alicyclic amines) is 1.